The van der Waals surface area contributed by atoms with E-state index in [0.717, 1.165) is 6.54 Å². The Hall–Kier alpha value is -0.380. The van der Waals surface area contributed by atoms with Crippen LogP contribution in [0.2, 0.25) is 0 Å². The van der Waals surface area contributed by atoms with Gasteiger partial charge in [-0.15, -0.1) is 0 Å². The number of aryl methyl sites for hydroxylation is 1. The summed E-state index contributed by atoms with van der Waals surface area (Å²) in [6.45, 7) is 6.14. The molecule has 0 saturated heterocycles. The monoisotopic (exact) mass is 324 g/mol. The molecule has 2 nitrogen and oxygen atoms in total. The summed E-state index contributed by atoms with van der Waals surface area (Å²) in [4.78, 5) is 2.60. The summed E-state index contributed by atoms with van der Waals surface area (Å²) >= 11 is 3.71. The number of hydrogen-bond donors (Lipinski definition) is 1. The highest BCUT2D eigenvalue weighted by atomic mass is 79.9. The highest BCUT2D eigenvalue weighted by Crippen LogP contribution is 2.33. The molecule has 1 aliphatic carbocycles. The SMILES string of the molecule is CCN(C1CCCC1)C(CN)c1ccc(C)cc1Br. The second-order valence-electron chi connectivity index (χ2n) is 5.55. The van der Waals surface area contributed by atoms with Crippen LogP contribution in [0.1, 0.15) is 49.8 Å². The molecule has 106 valence electrons. The Morgan fingerprint density at radius 2 is 2.05 bits per heavy atom. The van der Waals surface area contributed by atoms with Crippen LogP contribution in [0.4, 0.5) is 0 Å². The second kappa shape index (κ2) is 6.87. The molecule has 1 aromatic rings. The van der Waals surface area contributed by atoms with Gasteiger partial charge in [-0.1, -0.05) is 47.8 Å². The van der Waals surface area contributed by atoms with Crippen molar-refractivity contribution in [3.63, 3.8) is 0 Å². The van der Waals surface area contributed by atoms with Gasteiger partial charge in [0.2, 0.25) is 0 Å². The van der Waals surface area contributed by atoms with E-state index in [2.05, 4.69) is 52.9 Å². The molecule has 2 rings (SSSR count). The average Bonchev–Trinajstić information content (AvgIpc) is 2.90. The molecular weight excluding hydrogens is 300 g/mol. The molecule has 1 atom stereocenters. The normalized spacial score (nSPS) is 18.2. The van der Waals surface area contributed by atoms with Gasteiger partial charge in [0.05, 0.1) is 0 Å². The van der Waals surface area contributed by atoms with Crippen molar-refractivity contribution in [2.24, 2.45) is 5.73 Å². The van der Waals surface area contributed by atoms with Crippen molar-refractivity contribution in [1.82, 2.24) is 4.90 Å². The Morgan fingerprint density at radius 3 is 2.58 bits per heavy atom. The molecule has 0 heterocycles. The lowest BCUT2D eigenvalue weighted by Crippen LogP contribution is -2.40. The van der Waals surface area contributed by atoms with E-state index in [9.17, 15) is 0 Å². The fourth-order valence-corrected chi connectivity index (χ4v) is 4.07. The quantitative estimate of drug-likeness (QED) is 0.886. The fraction of sp³-hybridized carbons (Fsp3) is 0.625. The van der Waals surface area contributed by atoms with Crippen LogP contribution in [0, 0.1) is 6.92 Å². The minimum Gasteiger partial charge on any atom is -0.329 e. The maximum Gasteiger partial charge on any atom is 0.0484 e. The molecule has 1 unspecified atom stereocenters. The maximum absolute atomic E-state index is 6.09. The number of nitrogens with two attached hydrogens (primary N) is 1. The molecule has 19 heavy (non-hydrogen) atoms. The van der Waals surface area contributed by atoms with Gasteiger partial charge in [0.1, 0.15) is 0 Å². The predicted octanol–water partition coefficient (Wildman–Crippen LogP) is 4.02. The zero-order valence-corrected chi connectivity index (χ0v) is 13.6. The fourth-order valence-electron chi connectivity index (χ4n) is 3.31. The molecule has 1 saturated carbocycles. The summed E-state index contributed by atoms with van der Waals surface area (Å²) in [7, 11) is 0. The van der Waals surface area contributed by atoms with Gasteiger partial charge < -0.3 is 5.73 Å². The van der Waals surface area contributed by atoms with E-state index in [0.29, 0.717) is 18.6 Å². The van der Waals surface area contributed by atoms with E-state index in [-0.39, 0.29) is 0 Å². The van der Waals surface area contributed by atoms with Crippen LogP contribution in [-0.2, 0) is 0 Å². The number of rotatable bonds is 5. The minimum absolute atomic E-state index is 0.336. The summed E-state index contributed by atoms with van der Waals surface area (Å²) in [5, 5.41) is 0. The summed E-state index contributed by atoms with van der Waals surface area (Å²) in [6.07, 6.45) is 5.39. The molecule has 0 bridgehead atoms. The second-order valence-corrected chi connectivity index (χ2v) is 6.40. The Bertz CT molecular complexity index is 413. The van der Waals surface area contributed by atoms with Crippen LogP contribution in [-0.4, -0.2) is 24.0 Å². The number of nitrogens with zero attached hydrogens (tertiary/aromatic N) is 1. The predicted molar refractivity (Wildman–Crippen MR) is 85.3 cm³/mol. The first kappa shape index (κ1) is 15.0. The van der Waals surface area contributed by atoms with E-state index >= 15 is 0 Å². The first-order valence-corrected chi connectivity index (χ1v) is 8.18. The first-order chi connectivity index (χ1) is 9.17. The number of hydrogen-bond acceptors (Lipinski definition) is 2. The van der Waals surface area contributed by atoms with Crippen molar-refractivity contribution >= 4 is 15.9 Å². The molecule has 3 heteroatoms. The molecule has 1 aliphatic rings. The van der Waals surface area contributed by atoms with E-state index in [1.54, 1.807) is 0 Å². The molecule has 0 radical (unpaired) electrons. The van der Waals surface area contributed by atoms with E-state index < -0.39 is 0 Å². The van der Waals surface area contributed by atoms with Crippen LogP contribution in [0.25, 0.3) is 0 Å². The first-order valence-electron chi connectivity index (χ1n) is 7.39. The van der Waals surface area contributed by atoms with E-state index in [4.69, 9.17) is 5.73 Å². The third kappa shape index (κ3) is 3.39. The molecule has 2 N–H and O–H groups in total. The van der Waals surface area contributed by atoms with Crippen molar-refractivity contribution < 1.29 is 0 Å². The van der Waals surface area contributed by atoms with Crippen LogP contribution in [0.15, 0.2) is 22.7 Å². The van der Waals surface area contributed by atoms with E-state index in [1.165, 1.54) is 41.3 Å². The van der Waals surface area contributed by atoms with Crippen molar-refractivity contribution in [3.8, 4) is 0 Å². The van der Waals surface area contributed by atoms with Crippen molar-refractivity contribution in [3.05, 3.63) is 33.8 Å². The smallest absolute Gasteiger partial charge is 0.0484 e. The van der Waals surface area contributed by atoms with Crippen LogP contribution in [0.3, 0.4) is 0 Å². The summed E-state index contributed by atoms with van der Waals surface area (Å²) in [6, 6.07) is 7.66. The van der Waals surface area contributed by atoms with Crippen molar-refractivity contribution in [1.29, 1.82) is 0 Å². The van der Waals surface area contributed by atoms with Gasteiger partial charge in [0.15, 0.2) is 0 Å². The van der Waals surface area contributed by atoms with Crippen LogP contribution >= 0.6 is 15.9 Å². The Morgan fingerprint density at radius 1 is 1.37 bits per heavy atom. The highest BCUT2D eigenvalue weighted by Gasteiger charge is 2.28. The molecule has 1 aromatic carbocycles. The Kier molecular flexibility index (Phi) is 5.43. The number of benzene rings is 1. The minimum atomic E-state index is 0.336. The summed E-state index contributed by atoms with van der Waals surface area (Å²) in [5.74, 6) is 0. The number of likely N-dealkylation sites (N-methyl/N-ethyl adjacent to an activating group) is 1. The largest absolute Gasteiger partial charge is 0.329 e. The molecular formula is C16H25BrN2. The van der Waals surface area contributed by atoms with E-state index in [1.807, 2.05) is 0 Å². The van der Waals surface area contributed by atoms with Gasteiger partial charge >= 0.3 is 0 Å². The lowest BCUT2D eigenvalue weighted by atomic mass is 10.0. The molecule has 0 amide bonds. The zero-order valence-electron chi connectivity index (χ0n) is 12.0. The van der Waals surface area contributed by atoms with Gasteiger partial charge in [0, 0.05) is 23.1 Å². The Labute approximate surface area is 125 Å². The van der Waals surface area contributed by atoms with Crippen molar-refractivity contribution in [2.45, 2.75) is 51.6 Å². The summed E-state index contributed by atoms with van der Waals surface area (Å²) in [5.41, 5.74) is 8.72. The molecule has 0 spiro atoms. The average molecular weight is 325 g/mol. The van der Waals surface area contributed by atoms with Gasteiger partial charge in [-0.2, -0.15) is 0 Å². The van der Waals surface area contributed by atoms with Crippen LogP contribution in [0.5, 0.6) is 0 Å². The lowest BCUT2D eigenvalue weighted by Gasteiger charge is -2.35. The third-order valence-corrected chi connectivity index (χ3v) is 4.98. The topological polar surface area (TPSA) is 29.3 Å². The summed E-state index contributed by atoms with van der Waals surface area (Å²) < 4.78 is 1.19. The standard InChI is InChI=1S/C16H25BrN2/c1-3-19(13-6-4-5-7-13)16(11-18)14-9-8-12(2)10-15(14)17/h8-10,13,16H,3-7,11,18H2,1-2H3. The third-order valence-electron chi connectivity index (χ3n) is 4.30. The molecule has 0 aromatic heterocycles. The van der Waals surface area contributed by atoms with Gasteiger partial charge in [-0.3, -0.25) is 4.90 Å². The number of halogens is 1. The van der Waals surface area contributed by atoms with Crippen LogP contribution < -0.4 is 5.73 Å². The molecule has 0 aliphatic heterocycles. The molecule has 1 fully saturated rings. The van der Waals surface area contributed by atoms with Gasteiger partial charge in [0.25, 0.3) is 0 Å². The van der Waals surface area contributed by atoms with Crippen molar-refractivity contribution in [2.75, 3.05) is 13.1 Å². The van der Waals surface area contributed by atoms with Gasteiger partial charge in [-0.05, 0) is 43.5 Å². The zero-order chi connectivity index (χ0) is 13.8. The van der Waals surface area contributed by atoms with Gasteiger partial charge in [-0.25, -0.2) is 0 Å². The lowest BCUT2D eigenvalue weighted by molar-refractivity contribution is 0.147. The Balaban J connectivity index is 2.26. The maximum atomic E-state index is 6.09. The highest BCUT2D eigenvalue weighted by molar-refractivity contribution is 9.10.